The van der Waals surface area contributed by atoms with Crippen molar-refractivity contribution in [1.82, 2.24) is 4.90 Å². The predicted octanol–water partition coefficient (Wildman–Crippen LogP) is 3.73. The van der Waals surface area contributed by atoms with E-state index in [0.717, 1.165) is 18.5 Å². The Balaban J connectivity index is 2.93. The highest BCUT2D eigenvalue weighted by Crippen LogP contribution is 2.27. The lowest BCUT2D eigenvalue weighted by Crippen LogP contribution is -2.39. The fourth-order valence-electron chi connectivity index (χ4n) is 2.67. The zero-order chi connectivity index (χ0) is 15.8. The number of methoxy groups -OCH3 is 1. The molecule has 4 heteroatoms. The summed E-state index contributed by atoms with van der Waals surface area (Å²) in [6.07, 6.45) is 3.54. The smallest absolute Gasteiger partial charge is 0.165 e. The number of rotatable bonds is 9. The zero-order valence-corrected chi connectivity index (χ0v) is 13.7. The van der Waals surface area contributed by atoms with Gasteiger partial charge in [-0.15, -0.1) is 0 Å². The van der Waals surface area contributed by atoms with Gasteiger partial charge < -0.3 is 10.5 Å². The molecule has 3 nitrogen and oxygen atoms in total. The van der Waals surface area contributed by atoms with Crippen LogP contribution in [-0.2, 0) is 0 Å². The third-order valence-electron chi connectivity index (χ3n) is 3.87. The van der Waals surface area contributed by atoms with Crippen LogP contribution in [0.15, 0.2) is 18.2 Å². The number of ether oxygens (including phenoxy) is 1. The van der Waals surface area contributed by atoms with Gasteiger partial charge in [0.1, 0.15) is 0 Å². The summed E-state index contributed by atoms with van der Waals surface area (Å²) in [7, 11) is 1.48. The van der Waals surface area contributed by atoms with Crippen LogP contribution in [0.5, 0.6) is 5.75 Å². The van der Waals surface area contributed by atoms with Crippen molar-refractivity contribution in [2.45, 2.75) is 52.1 Å². The minimum Gasteiger partial charge on any atom is -0.494 e. The summed E-state index contributed by atoms with van der Waals surface area (Å²) in [6, 6.07) is 5.56. The first-order valence-electron chi connectivity index (χ1n) is 7.84. The second kappa shape index (κ2) is 9.00. The number of nitrogens with zero attached hydrogens (tertiary/aromatic N) is 1. The number of hydrogen-bond donors (Lipinski definition) is 1. The van der Waals surface area contributed by atoms with Crippen molar-refractivity contribution < 1.29 is 9.13 Å². The van der Waals surface area contributed by atoms with Crippen LogP contribution in [0.3, 0.4) is 0 Å². The van der Waals surface area contributed by atoms with Gasteiger partial charge in [-0.3, -0.25) is 4.90 Å². The quantitative estimate of drug-likeness (QED) is 0.706. The highest BCUT2D eigenvalue weighted by molar-refractivity contribution is 5.31. The Morgan fingerprint density at radius 3 is 2.48 bits per heavy atom. The van der Waals surface area contributed by atoms with E-state index in [1.165, 1.54) is 20.0 Å². The minimum atomic E-state index is -0.328. The van der Waals surface area contributed by atoms with Gasteiger partial charge in [0.2, 0.25) is 0 Å². The fraction of sp³-hybridized carbons (Fsp3) is 0.647. The second-order valence-electron chi connectivity index (χ2n) is 5.68. The average molecular weight is 296 g/mol. The summed E-state index contributed by atoms with van der Waals surface area (Å²) in [5, 5.41) is 0. The Kier molecular flexibility index (Phi) is 7.68. The molecule has 1 atom stereocenters. The normalized spacial score (nSPS) is 13.0. The molecular weight excluding hydrogens is 267 g/mol. The van der Waals surface area contributed by atoms with E-state index >= 15 is 0 Å². The standard InChI is InChI=1S/C17H29FN2O/c1-5-6-7-10-20(13(2)3)16(12-19)14-8-9-17(21-4)15(18)11-14/h8-9,11,13,16H,5-7,10,12,19H2,1-4H3. The average Bonchev–Trinajstić information content (AvgIpc) is 2.46. The van der Waals surface area contributed by atoms with Crippen LogP contribution in [0.1, 0.15) is 51.6 Å². The first kappa shape index (κ1) is 17.9. The monoisotopic (exact) mass is 296 g/mol. The Morgan fingerprint density at radius 2 is 2.00 bits per heavy atom. The zero-order valence-electron chi connectivity index (χ0n) is 13.7. The Hall–Kier alpha value is -1.13. The number of halogens is 1. The Morgan fingerprint density at radius 1 is 1.29 bits per heavy atom. The van der Waals surface area contributed by atoms with Gasteiger partial charge in [0.05, 0.1) is 7.11 Å². The molecule has 1 rings (SSSR count). The lowest BCUT2D eigenvalue weighted by atomic mass is 10.0. The second-order valence-corrected chi connectivity index (χ2v) is 5.68. The summed E-state index contributed by atoms with van der Waals surface area (Å²) in [5.74, 6) is -0.0534. The maximum Gasteiger partial charge on any atom is 0.165 e. The summed E-state index contributed by atoms with van der Waals surface area (Å²) in [5.41, 5.74) is 6.89. The van der Waals surface area contributed by atoms with Crippen LogP contribution in [0.4, 0.5) is 4.39 Å². The van der Waals surface area contributed by atoms with E-state index in [1.807, 2.05) is 6.07 Å². The van der Waals surface area contributed by atoms with Gasteiger partial charge >= 0.3 is 0 Å². The molecule has 0 spiro atoms. The predicted molar refractivity (Wildman–Crippen MR) is 86.1 cm³/mol. The molecule has 2 N–H and O–H groups in total. The molecule has 0 aromatic heterocycles. The molecule has 21 heavy (non-hydrogen) atoms. The third-order valence-corrected chi connectivity index (χ3v) is 3.87. The molecule has 0 saturated heterocycles. The molecule has 0 radical (unpaired) electrons. The molecule has 0 aliphatic rings. The van der Waals surface area contributed by atoms with Gasteiger partial charge in [-0.05, 0) is 44.5 Å². The maximum absolute atomic E-state index is 13.9. The first-order valence-corrected chi connectivity index (χ1v) is 7.84. The molecule has 0 heterocycles. The Bertz CT molecular complexity index is 423. The van der Waals surface area contributed by atoms with Gasteiger partial charge in [-0.25, -0.2) is 4.39 Å². The molecule has 0 saturated carbocycles. The molecule has 0 amide bonds. The molecule has 0 aliphatic carbocycles. The third kappa shape index (κ3) is 4.97. The lowest BCUT2D eigenvalue weighted by Gasteiger charge is -2.34. The van der Waals surface area contributed by atoms with E-state index in [1.54, 1.807) is 12.1 Å². The molecular formula is C17H29FN2O. The summed E-state index contributed by atoms with van der Waals surface area (Å²) in [6.45, 7) is 7.99. The van der Waals surface area contributed by atoms with Crippen LogP contribution in [0.2, 0.25) is 0 Å². The molecule has 0 bridgehead atoms. The van der Waals surface area contributed by atoms with Gasteiger partial charge in [0.25, 0.3) is 0 Å². The van der Waals surface area contributed by atoms with Crippen molar-refractivity contribution in [3.63, 3.8) is 0 Å². The number of unbranched alkanes of at least 4 members (excludes halogenated alkanes) is 2. The van der Waals surface area contributed by atoms with Crippen molar-refractivity contribution in [3.05, 3.63) is 29.6 Å². The van der Waals surface area contributed by atoms with Crippen LogP contribution in [0.25, 0.3) is 0 Å². The van der Waals surface area contributed by atoms with Crippen molar-refractivity contribution >= 4 is 0 Å². The van der Waals surface area contributed by atoms with E-state index in [2.05, 4.69) is 25.7 Å². The SMILES string of the molecule is CCCCCN(C(C)C)C(CN)c1ccc(OC)c(F)c1. The summed E-state index contributed by atoms with van der Waals surface area (Å²) < 4.78 is 18.9. The van der Waals surface area contributed by atoms with Crippen LogP contribution in [-0.4, -0.2) is 31.1 Å². The van der Waals surface area contributed by atoms with Gasteiger partial charge in [-0.1, -0.05) is 25.8 Å². The Labute approximate surface area is 128 Å². The van der Waals surface area contributed by atoms with Gasteiger partial charge in [0, 0.05) is 18.6 Å². The maximum atomic E-state index is 13.9. The summed E-state index contributed by atoms with van der Waals surface area (Å²) >= 11 is 0. The summed E-state index contributed by atoms with van der Waals surface area (Å²) in [4.78, 5) is 2.36. The van der Waals surface area contributed by atoms with Crippen molar-refractivity contribution in [2.24, 2.45) is 5.73 Å². The van der Waals surface area contributed by atoms with Crippen molar-refractivity contribution in [1.29, 1.82) is 0 Å². The topological polar surface area (TPSA) is 38.5 Å². The largest absolute Gasteiger partial charge is 0.494 e. The highest BCUT2D eigenvalue weighted by atomic mass is 19.1. The molecule has 1 aromatic carbocycles. The van der Waals surface area contributed by atoms with E-state index in [0.29, 0.717) is 12.6 Å². The van der Waals surface area contributed by atoms with Crippen LogP contribution >= 0.6 is 0 Å². The molecule has 0 fully saturated rings. The minimum absolute atomic E-state index is 0.0438. The van der Waals surface area contributed by atoms with E-state index < -0.39 is 0 Å². The van der Waals surface area contributed by atoms with E-state index in [9.17, 15) is 4.39 Å². The van der Waals surface area contributed by atoms with Gasteiger partial charge in [-0.2, -0.15) is 0 Å². The van der Waals surface area contributed by atoms with E-state index in [4.69, 9.17) is 10.5 Å². The molecule has 1 aromatic rings. The number of nitrogens with two attached hydrogens (primary N) is 1. The van der Waals surface area contributed by atoms with Crippen LogP contribution < -0.4 is 10.5 Å². The molecule has 1 unspecified atom stereocenters. The fourth-order valence-corrected chi connectivity index (χ4v) is 2.67. The lowest BCUT2D eigenvalue weighted by molar-refractivity contribution is 0.153. The molecule has 120 valence electrons. The van der Waals surface area contributed by atoms with Crippen molar-refractivity contribution in [3.8, 4) is 5.75 Å². The van der Waals surface area contributed by atoms with E-state index in [-0.39, 0.29) is 17.6 Å². The molecule has 0 aliphatic heterocycles. The van der Waals surface area contributed by atoms with Crippen LogP contribution in [0, 0.1) is 5.82 Å². The number of hydrogen-bond acceptors (Lipinski definition) is 3. The number of benzene rings is 1. The van der Waals surface area contributed by atoms with Crippen molar-refractivity contribution in [2.75, 3.05) is 20.2 Å². The first-order chi connectivity index (χ1) is 10.0. The van der Waals surface area contributed by atoms with Gasteiger partial charge in [0.15, 0.2) is 11.6 Å². The highest BCUT2D eigenvalue weighted by Gasteiger charge is 2.22.